The van der Waals surface area contributed by atoms with E-state index in [1.807, 2.05) is 9.80 Å². The van der Waals surface area contributed by atoms with Crippen LogP contribution >= 0.6 is 0 Å². The zero-order valence-corrected chi connectivity index (χ0v) is 10.1. The summed E-state index contributed by atoms with van der Waals surface area (Å²) in [5.41, 5.74) is 8.27. The van der Waals surface area contributed by atoms with E-state index in [-0.39, 0.29) is 11.9 Å². The van der Waals surface area contributed by atoms with Crippen molar-refractivity contribution in [2.45, 2.75) is 31.7 Å². The highest BCUT2D eigenvalue weighted by atomic mass is 16.2. The molecule has 0 aromatic carbocycles. The first-order valence-electron chi connectivity index (χ1n) is 6.34. The maximum Gasteiger partial charge on any atom is 0.236 e. The van der Waals surface area contributed by atoms with Crippen LogP contribution in [0.25, 0.3) is 10.4 Å². The van der Waals surface area contributed by atoms with E-state index in [1.54, 1.807) is 0 Å². The van der Waals surface area contributed by atoms with E-state index < -0.39 is 0 Å². The molecule has 0 N–H and O–H groups in total. The minimum Gasteiger partial charge on any atom is -0.342 e. The Kier molecular flexibility index (Phi) is 4.23. The molecular weight excluding hydrogens is 218 g/mol. The molecule has 0 aliphatic carbocycles. The Bertz CT molecular complexity index is 312. The van der Waals surface area contributed by atoms with Crippen molar-refractivity contribution in [3.05, 3.63) is 10.4 Å². The van der Waals surface area contributed by atoms with Gasteiger partial charge in [-0.25, -0.2) is 0 Å². The molecule has 0 saturated carbocycles. The van der Waals surface area contributed by atoms with Crippen molar-refractivity contribution in [1.29, 1.82) is 0 Å². The molecule has 0 unspecified atom stereocenters. The summed E-state index contributed by atoms with van der Waals surface area (Å²) >= 11 is 0. The lowest BCUT2D eigenvalue weighted by molar-refractivity contribution is -0.133. The number of nitrogens with zero attached hydrogens (tertiary/aromatic N) is 5. The maximum atomic E-state index is 12.0. The minimum atomic E-state index is 0.0666. The van der Waals surface area contributed by atoms with Crippen molar-refractivity contribution in [3.63, 3.8) is 0 Å². The van der Waals surface area contributed by atoms with Crippen LogP contribution in [0.5, 0.6) is 0 Å². The Morgan fingerprint density at radius 2 is 1.88 bits per heavy atom. The second kappa shape index (κ2) is 5.89. The van der Waals surface area contributed by atoms with Gasteiger partial charge in [-0.1, -0.05) is 18.0 Å². The van der Waals surface area contributed by atoms with Gasteiger partial charge in [-0.2, -0.15) is 0 Å². The zero-order valence-electron chi connectivity index (χ0n) is 10.1. The molecule has 2 rings (SSSR count). The van der Waals surface area contributed by atoms with Gasteiger partial charge in [0.25, 0.3) is 0 Å². The van der Waals surface area contributed by atoms with Gasteiger partial charge in [0.1, 0.15) is 0 Å². The van der Waals surface area contributed by atoms with Crippen molar-refractivity contribution in [3.8, 4) is 0 Å². The van der Waals surface area contributed by atoms with E-state index in [1.165, 1.54) is 12.8 Å². The summed E-state index contributed by atoms with van der Waals surface area (Å²) in [5.74, 6) is 0.228. The molecule has 2 fully saturated rings. The summed E-state index contributed by atoms with van der Waals surface area (Å²) in [7, 11) is 0. The van der Waals surface area contributed by atoms with E-state index >= 15 is 0 Å². The maximum absolute atomic E-state index is 12.0. The standard InChI is InChI=1S/C11H19N5O/c12-14-13-10-7-15(8-10)9-11(17)16-5-3-1-2-4-6-16/h10H,1-9H2. The molecule has 0 atom stereocenters. The van der Waals surface area contributed by atoms with Gasteiger partial charge in [0, 0.05) is 31.1 Å². The lowest BCUT2D eigenvalue weighted by Crippen LogP contribution is -2.53. The van der Waals surface area contributed by atoms with E-state index in [0.29, 0.717) is 6.54 Å². The van der Waals surface area contributed by atoms with Crippen LogP contribution < -0.4 is 0 Å². The van der Waals surface area contributed by atoms with Crippen molar-refractivity contribution in [1.82, 2.24) is 9.80 Å². The molecule has 2 saturated heterocycles. The van der Waals surface area contributed by atoms with Crippen LogP contribution in [0.2, 0.25) is 0 Å². The Labute approximate surface area is 101 Å². The van der Waals surface area contributed by atoms with Crippen molar-refractivity contribution in [2.75, 3.05) is 32.7 Å². The molecule has 6 nitrogen and oxygen atoms in total. The van der Waals surface area contributed by atoms with Gasteiger partial charge in [-0.3, -0.25) is 9.69 Å². The van der Waals surface area contributed by atoms with Crippen LogP contribution in [0, 0.1) is 0 Å². The number of hydrogen-bond acceptors (Lipinski definition) is 3. The molecule has 0 spiro atoms. The van der Waals surface area contributed by atoms with Gasteiger partial charge >= 0.3 is 0 Å². The van der Waals surface area contributed by atoms with Gasteiger partial charge < -0.3 is 4.90 Å². The lowest BCUT2D eigenvalue weighted by Gasteiger charge is -2.37. The smallest absolute Gasteiger partial charge is 0.236 e. The summed E-state index contributed by atoms with van der Waals surface area (Å²) in [6.45, 7) is 3.75. The Balaban J connectivity index is 1.72. The molecule has 0 bridgehead atoms. The second-order valence-corrected chi connectivity index (χ2v) is 4.85. The molecule has 94 valence electrons. The SMILES string of the molecule is [N-]=[N+]=NC1CN(CC(=O)N2CCCCCC2)C1. The van der Waals surface area contributed by atoms with Crippen LogP contribution in [0.1, 0.15) is 25.7 Å². The second-order valence-electron chi connectivity index (χ2n) is 4.85. The van der Waals surface area contributed by atoms with Gasteiger partial charge in [0.2, 0.25) is 5.91 Å². The Hall–Kier alpha value is -1.26. The fourth-order valence-corrected chi connectivity index (χ4v) is 2.43. The monoisotopic (exact) mass is 237 g/mol. The number of carbonyl (C=O) groups excluding carboxylic acids is 1. The highest BCUT2D eigenvalue weighted by Gasteiger charge is 2.28. The number of carbonyl (C=O) groups is 1. The predicted molar refractivity (Wildman–Crippen MR) is 64.4 cm³/mol. The fourth-order valence-electron chi connectivity index (χ4n) is 2.43. The zero-order chi connectivity index (χ0) is 12.1. The fraction of sp³-hybridized carbons (Fsp3) is 0.909. The number of amides is 1. The van der Waals surface area contributed by atoms with Crippen LogP contribution in [0.15, 0.2) is 5.11 Å². The predicted octanol–water partition coefficient (Wildman–Crippen LogP) is 1.38. The normalized spacial score (nSPS) is 22.5. The molecule has 17 heavy (non-hydrogen) atoms. The number of likely N-dealkylation sites (tertiary alicyclic amines) is 2. The van der Waals surface area contributed by atoms with Crippen LogP contribution in [0.4, 0.5) is 0 Å². The van der Waals surface area contributed by atoms with E-state index in [9.17, 15) is 4.79 Å². The molecule has 2 aliphatic heterocycles. The molecule has 6 heteroatoms. The molecule has 2 aliphatic rings. The number of rotatable bonds is 3. The lowest BCUT2D eigenvalue weighted by atomic mass is 10.1. The third kappa shape index (κ3) is 3.35. The number of azide groups is 1. The van der Waals surface area contributed by atoms with E-state index in [4.69, 9.17) is 5.53 Å². The molecule has 0 radical (unpaired) electrons. The van der Waals surface area contributed by atoms with E-state index in [2.05, 4.69) is 10.0 Å². The molecule has 0 aromatic rings. The summed E-state index contributed by atoms with van der Waals surface area (Å²) in [4.78, 5) is 18.8. The van der Waals surface area contributed by atoms with Gasteiger partial charge in [0.05, 0.1) is 12.6 Å². The average molecular weight is 237 g/mol. The molecular formula is C11H19N5O. The van der Waals surface area contributed by atoms with Gasteiger partial charge in [0.15, 0.2) is 0 Å². The topological polar surface area (TPSA) is 72.3 Å². The van der Waals surface area contributed by atoms with Crippen molar-refractivity contribution < 1.29 is 4.79 Å². The summed E-state index contributed by atoms with van der Waals surface area (Å²) in [5, 5.41) is 3.63. The summed E-state index contributed by atoms with van der Waals surface area (Å²) < 4.78 is 0. The Morgan fingerprint density at radius 1 is 1.24 bits per heavy atom. The first-order chi connectivity index (χ1) is 8.29. The number of hydrogen-bond donors (Lipinski definition) is 0. The van der Waals surface area contributed by atoms with Gasteiger partial charge in [-0.15, -0.1) is 0 Å². The first kappa shape index (κ1) is 12.2. The minimum absolute atomic E-state index is 0.0666. The van der Waals surface area contributed by atoms with E-state index in [0.717, 1.165) is 39.0 Å². The summed E-state index contributed by atoms with van der Waals surface area (Å²) in [6, 6.07) is 0.0666. The largest absolute Gasteiger partial charge is 0.342 e. The molecule has 2 heterocycles. The first-order valence-corrected chi connectivity index (χ1v) is 6.34. The quantitative estimate of drug-likeness (QED) is 0.422. The molecule has 1 amide bonds. The summed E-state index contributed by atoms with van der Waals surface area (Å²) in [6.07, 6.45) is 4.75. The van der Waals surface area contributed by atoms with Gasteiger partial charge in [-0.05, 0) is 18.4 Å². The van der Waals surface area contributed by atoms with Crippen LogP contribution in [0.3, 0.4) is 0 Å². The third-order valence-electron chi connectivity index (χ3n) is 3.47. The average Bonchev–Trinajstić information content (AvgIpc) is 2.54. The van der Waals surface area contributed by atoms with Crippen LogP contribution in [-0.2, 0) is 4.79 Å². The highest BCUT2D eigenvalue weighted by Crippen LogP contribution is 2.14. The van der Waals surface area contributed by atoms with Crippen LogP contribution in [-0.4, -0.2) is 54.5 Å². The molecule has 0 aromatic heterocycles. The van der Waals surface area contributed by atoms with Crippen molar-refractivity contribution in [2.24, 2.45) is 5.11 Å². The Morgan fingerprint density at radius 3 is 2.47 bits per heavy atom. The third-order valence-corrected chi connectivity index (χ3v) is 3.47. The highest BCUT2D eigenvalue weighted by molar-refractivity contribution is 5.78. The van der Waals surface area contributed by atoms with Crippen molar-refractivity contribution >= 4 is 5.91 Å².